The number of carbonyl (C=O) groups excluding carboxylic acids is 1. The van der Waals surface area contributed by atoms with E-state index in [4.69, 9.17) is 5.73 Å². The Hall–Kier alpha value is -2.53. The van der Waals surface area contributed by atoms with Gasteiger partial charge in [-0.05, 0) is 55.2 Å². The van der Waals surface area contributed by atoms with Crippen molar-refractivity contribution in [2.24, 2.45) is 5.92 Å². The second-order valence-electron chi connectivity index (χ2n) is 7.77. The molecule has 5 heteroatoms. The highest BCUT2D eigenvalue weighted by atomic mass is 16.2. The molecule has 0 radical (unpaired) electrons. The molecule has 2 aromatic rings. The summed E-state index contributed by atoms with van der Waals surface area (Å²) in [6, 6.07) is 16.4. The van der Waals surface area contributed by atoms with Crippen LogP contribution in [0.3, 0.4) is 0 Å². The summed E-state index contributed by atoms with van der Waals surface area (Å²) < 4.78 is 0. The zero-order chi connectivity index (χ0) is 20.1. The van der Waals surface area contributed by atoms with E-state index in [1.807, 2.05) is 35.2 Å². The van der Waals surface area contributed by atoms with Crippen molar-refractivity contribution in [1.82, 2.24) is 5.32 Å². The summed E-state index contributed by atoms with van der Waals surface area (Å²) in [5.41, 5.74) is 9.89. The first-order chi connectivity index (χ1) is 13.5. The summed E-state index contributed by atoms with van der Waals surface area (Å²) in [5.74, 6) is 0.643. The largest absolute Gasteiger partial charge is 0.399 e. The minimum Gasteiger partial charge on any atom is -0.399 e. The third-order valence-corrected chi connectivity index (χ3v) is 5.72. The number of fused-ring (bicyclic) bond motifs is 1. The summed E-state index contributed by atoms with van der Waals surface area (Å²) in [6.45, 7) is 10.3. The van der Waals surface area contributed by atoms with Crippen LogP contribution >= 0.6 is 0 Å². The summed E-state index contributed by atoms with van der Waals surface area (Å²) in [6.07, 6.45) is 1.06. The Kier molecular flexibility index (Phi) is 6.57. The number of hydrogen-bond acceptors (Lipinski definition) is 4. The van der Waals surface area contributed by atoms with E-state index < -0.39 is 0 Å². The maximum absolute atomic E-state index is 12.0. The molecule has 0 aliphatic carbocycles. The highest BCUT2D eigenvalue weighted by molar-refractivity contribution is 5.94. The normalized spacial score (nSPS) is 21.4. The highest BCUT2D eigenvalue weighted by Crippen LogP contribution is 2.36. The van der Waals surface area contributed by atoms with Crippen LogP contribution in [-0.2, 0) is 11.2 Å². The lowest BCUT2D eigenvalue weighted by molar-refractivity contribution is -0.117. The van der Waals surface area contributed by atoms with Gasteiger partial charge in [-0.3, -0.25) is 4.79 Å². The maximum atomic E-state index is 12.0. The number of amides is 1. The molecule has 1 amide bonds. The Morgan fingerprint density at radius 1 is 1.07 bits per heavy atom. The van der Waals surface area contributed by atoms with Crippen LogP contribution in [0.25, 0.3) is 0 Å². The van der Waals surface area contributed by atoms with Gasteiger partial charge in [0, 0.05) is 56.2 Å². The van der Waals surface area contributed by atoms with Crippen LogP contribution in [0, 0.1) is 5.92 Å². The van der Waals surface area contributed by atoms with Crippen molar-refractivity contribution >= 4 is 23.0 Å². The third-order valence-electron chi connectivity index (χ3n) is 5.72. The van der Waals surface area contributed by atoms with Gasteiger partial charge in [-0.2, -0.15) is 0 Å². The van der Waals surface area contributed by atoms with E-state index in [1.165, 1.54) is 11.3 Å². The minimum absolute atomic E-state index is 0.144. The topological polar surface area (TPSA) is 61.6 Å². The molecule has 0 unspecified atom stereocenters. The summed E-state index contributed by atoms with van der Waals surface area (Å²) in [7, 11) is 0. The zero-order valence-corrected chi connectivity index (χ0v) is 17.2. The molecule has 2 atom stereocenters. The van der Waals surface area contributed by atoms with Crippen molar-refractivity contribution in [3.05, 3.63) is 54.1 Å². The number of carbonyl (C=O) groups is 1. The summed E-state index contributed by atoms with van der Waals surface area (Å²) in [4.78, 5) is 16.4. The van der Waals surface area contributed by atoms with E-state index in [9.17, 15) is 4.79 Å². The van der Waals surface area contributed by atoms with E-state index in [2.05, 4.69) is 42.3 Å². The summed E-state index contributed by atoms with van der Waals surface area (Å²) in [5, 5.41) is 3.39. The molecule has 0 aromatic heterocycles. The first kappa shape index (κ1) is 20.2. The standard InChI is InChI=1S/C17H25N3O.C6H7N/c1-12-10-15-11-16(19-8-6-18-7-9-19)4-5-17(15)20(13(12)2)14(3)21;7-6-4-2-1-3-5-6/h4-5,11-13,18H,6-10H2,1-3H3;1-5H,7H2/t12-,13+;/m1./s1. The van der Waals surface area contributed by atoms with Crippen molar-refractivity contribution in [2.45, 2.75) is 33.2 Å². The molecule has 2 aromatic carbocycles. The third kappa shape index (κ3) is 4.65. The Bertz CT molecular complexity index is 786. The van der Waals surface area contributed by atoms with E-state index in [0.29, 0.717) is 5.92 Å². The monoisotopic (exact) mass is 380 g/mol. The van der Waals surface area contributed by atoms with Crippen molar-refractivity contribution in [3.8, 4) is 0 Å². The molecule has 3 N–H and O–H groups in total. The molecule has 2 aliphatic heterocycles. The molecule has 2 heterocycles. The van der Waals surface area contributed by atoms with Gasteiger partial charge in [-0.25, -0.2) is 0 Å². The lowest BCUT2D eigenvalue weighted by Crippen LogP contribution is -2.46. The van der Waals surface area contributed by atoms with Gasteiger partial charge < -0.3 is 20.9 Å². The Morgan fingerprint density at radius 2 is 1.75 bits per heavy atom. The van der Waals surface area contributed by atoms with E-state index in [0.717, 1.165) is 44.0 Å². The van der Waals surface area contributed by atoms with Crippen molar-refractivity contribution in [2.75, 3.05) is 41.7 Å². The van der Waals surface area contributed by atoms with Gasteiger partial charge in [0.2, 0.25) is 5.91 Å². The first-order valence-corrected chi connectivity index (χ1v) is 10.2. The van der Waals surface area contributed by atoms with Crippen LogP contribution in [-0.4, -0.2) is 38.1 Å². The van der Waals surface area contributed by atoms with Crippen LogP contribution < -0.4 is 20.9 Å². The average molecular weight is 381 g/mol. The number of benzene rings is 2. The average Bonchev–Trinajstić information content (AvgIpc) is 2.70. The zero-order valence-electron chi connectivity index (χ0n) is 17.2. The molecule has 1 fully saturated rings. The number of rotatable bonds is 1. The molecule has 0 spiro atoms. The maximum Gasteiger partial charge on any atom is 0.224 e. The highest BCUT2D eigenvalue weighted by Gasteiger charge is 2.31. The van der Waals surface area contributed by atoms with Gasteiger partial charge in [-0.1, -0.05) is 25.1 Å². The van der Waals surface area contributed by atoms with Crippen LogP contribution in [0.2, 0.25) is 0 Å². The Balaban J connectivity index is 0.000000271. The number of nitrogens with zero attached hydrogens (tertiary/aromatic N) is 2. The Morgan fingerprint density at radius 3 is 2.32 bits per heavy atom. The molecule has 2 aliphatic rings. The van der Waals surface area contributed by atoms with Crippen LogP contribution in [0.4, 0.5) is 17.1 Å². The number of nitrogens with two attached hydrogens (primary N) is 1. The quantitative estimate of drug-likeness (QED) is 0.745. The first-order valence-electron chi connectivity index (χ1n) is 10.2. The van der Waals surface area contributed by atoms with Gasteiger partial charge in [0.25, 0.3) is 0 Å². The van der Waals surface area contributed by atoms with Gasteiger partial charge in [0.15, 0.2) is 0 Å². The second-order valence-corrected chi connectivity index (χ2v) is 7.77. The predicted molar refractivity (Wildman–Crippen MR) is 118 cm³/mol. The number of piperazine rings is 1. The smallest absolute Gasteiger partial charge is 0.224 e. The molecular weight excluding hydrogens is 348 g/mol. The van der Waals surface area contributed by atoms with Gasteiger partial charge in [-0.15, -0.1) is 0 Å². The van der Waals surface area contributed by atoms with Crippen LogP contribution in [0.1, 0.15) is 26.3 Å². The molecular formula is C23H32N4O. The van der Waals surface area contributed by atoms with Crippen molar-refractivity contribution in [1.29, 1.82) is 0 Å². The molecule has 0 saturated carbocycles. The molecule has 150 valence electrons. The van der Waals surface area contributed by atoms with E-state index in [-0.39, 0.29) is 11.9 Å². The van der Waals surface area contributed by atoms with Crippen LogP contribution in [0.5, 0.6) is 0 Å². The lowest BCUT2D eigenvalue weighted by Gasteiger charge is -2.39. The van der Waals surface area contributed by atoms with Crippen LogP contribution in [0.15, 0.2) is 48.5 Å². The fourth-order valence-corrected chi connectivity index (χ4v) is 3.99. The van der Waals surface area contributed by atoms with Gasteiger partial charge >= 0.3 is 0 Å². The Labute approximate surface area is 168 Å². The molecule has 0 bridgehead atoms. The lowest BCUT2D eigenvalue weighted by atomic mass is 9.87. The van der Waals surface area contributed by atoms with Crippen molar-refractivity contribution < 1.29 is 4.79 Å². The van der Waals surface area contributed by atoms with Crippen molar-refractivity contribution in [3.63, 3.8) is 0 Å². The van der Waals surface area contributed by atoms with Gasteiger partial charge in [0.05, 0.1) is 0 Å². The molecule has 1 saturated heterocycles. The number of hydrogen-bond donors (Lipinski definition) is 2. The van der Waals surface area contributed by atoms with Gasteiger partial charge in [0.1, 0.15) is 0 Å². The number of para-hydroxylation sites is 1. The number of nitrogens with one attached hydrogen (secondary N) is 1. The molecule has 4 rings (SSSR count). The molecule has 28 heavy (non-hydrogen) atoms. The fourth-order valence-electron chi connectivity index (χ4n) is 3.99. The second kappa shape index (κ2) is 9.11. The summed E-state index contributed by atoms with van der Waals surface area (Å²) >= 11 is 0. The minimum atomic E-state index is 0.144. The number of nitrogen functional groups attached to an aromatic ring is 1. The van der Waals surface area contributed by atoms with E-state index in [1.54, 1.807) is 6.92 Å². The predicted octanol–water partition coefficient (Wildman–Crippen LogP) is 3.30. The van der Waals surface area contributed by atoms with E-state index >= 15 is 0 Å². The SMILES string of the molecule is CC(=O)N1c2ccc(N3CCNCC3)cc2C[C@@H](C)[C@@H]1C.Nc1ccccc1. The fraction of sp³-hybridized carbons (Fsp3) is 0.435. The molecule has 5 nitrogen and oxygen atoms in total. The number of anilines is 3.